The molecule has 1 aliphatic rings. The van der Waals surface area contributed by atoms with Crippen LogP contribution in [0.3, 0.4) is 0 Å². The first-order valence-electron chi connectivity index (χ1n) is 5.55. The highest BCUT2D eigenvalue weighted by atomic mass is 32.1. The number of piperidine rings is 1. The average Bonchev–Trinajstić information content (AvgIpc) is 2.61. The number of nitrogens with zero attached hydrogens (tertiary/aromatic N) is 2. The number of aromatic amines is 1. The van der Waals surface area contributed by atoms with Gasteiger partial charge in [-0.2, -0.15) is 5.10 Å². The van der Waals surface area contributed by atoms with Gasteiger partial charge in [0.15, 0.2) is 4.77 Å². The van der Waals surface area contributed by atoms with Gasteiger partial charge in [0.25, 0.3) is 0 Å². The van der Waals surface area contributed by atoms with Crippen LogP contribution < -0.4 is 5.32 Å². The normalized spacial score (nSPS) is 21.2. The van der Waals surface area contributed by atoms with E-state index in [4.69, 9.17) is 12.2 Å². The van der Waals surface area contributed by atoms with Crippen molar-refractivity contribution in [3.63, 3.8) is 0 Å². The summed E-state index contributed by atoms with van der Waals surface area (Å²) in [5, 5.41) is 9.83. The highest BCUT2D eigenvalue weighted by Crippen LogP contribution is 2.23. The number of hydrogen-bond donors (Lipinski definition) is 2. The van der Waals surface area contributed by atoms with Gasteiger partial charge in [-0.25, -0.2) is 0 Å². The van der Waals surface area contributed by atoms with E-state index < -0.39 is 0 Å². The second-order valence-corrected chi connectivity index (χ2v) is 4.75. The van der Waals surface area contributed by atoms with Crippen LogP contribution in [-0.4, -0.2) is 27.2 Å². The Morgan fingerprint density at radius 2 is 2.31 bits per heavy atom. The van der Waals surface area contributed by atoms with Crippen molar-refractivity contribution < 1.29 is 4.79 Å². The molecule has 0 radical (unpaired) electrons. The van der Waals surface area contributed by atoms with Gasteiger partial charge < -0.3 is 5.32 Å². The Labute approximate surface area is 99.2 Å². The van der Waals surface area contributed by atoms with Crippen LogP contribution in [0.1, 0.15) is 44.5 Å². The molecule has 1 saturated heterocycles. The second kappa shape index (κ2) is 4.37. The van der Waals surface area contributed by atoms with Crippen molar-refractivity contribution in [2.24, 2.45) is 0 Å². The van der Waals surface area contributed by atoms with Crippen molar-refractivity contribution in [2.75, 3.05) is 6.54 Å². The van der Waals surface area contributed by atoms with Crippen LogP contribution in [0.25, 0.3) is 0 Å². The Bertz CT molecular complexity index is 448. The van der Waals surface area contributed by atoms with E-state index in [1.165, 1.54) is 0 Å². The zero-order valence-electron chi connectivity index (χ0n) is 9.49. The Kier molecular flexibility index (Phi) is 3.09. The summed E-state index contributed by atoms with van der Waals surface area (Å²) in [6.45, 7) is 4.85. The number of carbonyl (C=O) groups excluding carboxylic acids is 1. The lowest BCUT2D eigenvalue weighted by Gasteiger charge is -2.24. The molecule has 1 unspecified atom stereocenters. The maximum absolute atomic E-state index is 11.8. The van der Waals surface area contributed by atoms with Crippen LogP contribution in [0, 0.1) is 4.77 Å². The fourth-order valence-corrected chi connectivity index (χ4v) is 2.29. The monoisotopic (exact) mass is 240 g/mol. The molecule has 1 aromatic heterocycles. The van der Waals surface area contributed by atoms with Crippen LogP contribution in [0.4, 0.5) is 0 Å². The zero-order valence-corrected chi connectivity index (χ0v) is 10.3. The first-order chi connectivity index (χ1) is 7.61. The molecule has 1 fully saturated rings. The highest BCUT2D eigenvalue weighted by molar-refractivity contribution is 7.71. The van der Waals surface area contributed by atoms with E-state index in [0.717, 1.165) is 25.2 Å². The lowest BCUT2D eigenvalue weighted by atomic mass is 10.1. The standard InChI is InChI=1S/C10H16N4OS/c1-6(2)8-12-13-10(16)14(8)7-4-3-5-11-9(7)15/h6-7H,3-5H2,1-2H3,(H,11,15)(H,13,16). The number of hydrogen-bond acceptors (Lipinski definition) is 3. The molecular weight excluding hydrogens is 224 g/mol. The van der Waals surface area contributed by atoms with Crippen molar-refractivity contribution in [1.82, 2.24) is 20.1 Å². The van der Waals surface area contributed by atoms with E-state index in [9.17, 15) is 4.79 Å². The maximum atomic E-state index is 11.8. The molecule has 5 nitrogen and oxygen atoms in total. The molecule has 0 aromatic carbocycles. The summed E-state index contributed by atoms with van der Waals surface area (Å²) in [4.78, 5) is 11.8. The predicted molar refractivity (Wildman–Crippen MR) is 62.8 cm³/mol. The number of nitrogens with one attached hydrogen (secondary N) is 2. The SMILES string of the molecule is CC(C)c1n[nH]c(=S)n1C1CCCNC1=O. The van der Waals surface area contributed by atoms with Gasteiger partial charge in [0.05, 0.1) is 0 Å². The average molecular weight is 240 g/mol. The summed E-state index contributed by atoms with van der Waals surface area (Å²) in [5.41, 5.74) is 0. The summed E-state index contributed by atoms with van der Waals surface area (Å²) in [6.07, 6.45) is 1.82. The maximum Gasteiger partial charge on any atom is 0.243 e. The van der Waals surface area contributed by atoms with Gasteiger partial charge in [0, 0.05) is 12.5 Å². The Hall–Kier alpha value is -1.17. The first-order valence-corrected chi connectivity index (χ1v) is 5.96. The smallest absolute Gasteiger partial charge is 0.243 e. The molecular formula is C10H16N4OS. The lowest BCUT2D eigenvalue weighted by molar-refractivity contribution is -0.125. The molecule has 1 amide bonds. The van der Waals surface area contributed by atoms with E-state index in [-0.39, 0.29) is 17.9 Å². The van der Waals surface area contributed by atoms with Gasteiger partial charge in [0.1, 0.15) is 11.9 Å². The van der Waals surface area contributed by atoms with Crippen LogP contribution in [0.2, 0.25) is 0 Å². The Balaban J connectivity index is 2.41. The van der Waals surface area contributed by atoms with E-state index in [1.54, 1.807) is 0 Å². The van der Waals surface area contributed by atoms with Gasteiger partial charge in [0.2, 0.25) is 5.91 Å². The third-order valence-electron chi connectivity index (χ3n) is 2.82. The molecule has 0 bridgehead atoms. The molecule has 1 atom stereocenters. The number of H-pyrrole nitrogens is 1. The molecule has 2 rings (SSSR count). The minimum absolute atomic E-state index is 0.0469. The minimum Gasteiger partial charge on any atom is -0.354 e. The summed E-state index contributed by atoms with van der Waals surface area (Å²) < 4.78 is 2.39. The van der Waals surface area contributed by atoms with Gasteiger partial charge >= 0.3 is 0 Å². The van der Waals surface area contributed by atoms with Gasteiger partial charge in [-0.1, -0.05) is 13.8 Å². The van der Waals surface area contributed by atoms with Crippen molar-refractivity contribution >= 4 is 18.1 Å². The van der Waals surface area contributed by atoms with E-state index >= 15 is 0 Å². The van der Waals surface area contributed by atoms with Crippen molar-refractivity contribution in [2.45, 2.75) is 38.6 Å². The third-order valence-corrected chi connectivity index (χ3v) is 3.10. The van der Waals surface area contributed by atoms with Crippen LogP contribution in [0.15, 0.2) is 0 Å². The molecule has 0 saturated carbocycles. The summed E-state index contributed by atoms with van der Waals surface area (Å²) in [7, 11) is 0. The molecule has 6 heteroatoms. The summed E-state index contributed by atoms with van der Waals surface area (Å²) in [6, 6.07) is -0.197. The fourth-order valence-electron chi connectivity index (χ4n) is 2.03. The number of rotatable bonds is 2. The molecule has 0 aliphatic carbocycles. The van der Waals surface area contributed by atoms with Gasteiger partial charge in [-0.15, -0.1) is 0 Å². The van der Waals surface area contributed by atoms with Crippen molar-refractivity contribution in [1.29, 1.82) is 0 Å². The fraction of sp³-hybridized carbons (Fsp3) is 0.700. The molecule has 1 aliphatic heterocycles. The van der Waals surface area contributed by atoms with Gasteiger partial charge in [-0.3, -0.25) is 14.5 Å². The Morgan fingerprint density at radius 1 is 1.56 bits per heavy atom. The zero-order chi connectivity index (χ0) is 11.7. The van der Waals surface area contributed by atoms with Crippen LogP contribution in [0.5, 0.6) is 0 Å². The largest absolute Gasteiger partial charge is 0.354 e. The van der Waals surface area contributed by atoms with Crippen molar-refractivity contribution in [3.05, 3.63) is 10.6 Å². The number of aromatic nitrogens is 3. The molecule has 16 heavy (non-hydrogen) atoms. The number of carbonyl (C=O) groups is 1. The first kappa shape index (κ1) is 11.3. The van der Waals surface area contributed by atoms with Gasteiger partial charge in [-0.05, 0) is 25.1 Å². The molecule has 2 N–H and O–H groups in total. The van der Waals surface area contributed by atoms with Crippen molar-refractivity contribution in [3.8, 4) is 0 Å². The van der Waals surface area contributed by atoms with E-state index in [0.29, 0.717) is 4.77 Å². The topological polar surface area (TPSA) is 62.7 Å². The van der Waals surface area contributed by atoms with Crippen LogP contribution in [-0.2, 0) is 4.79 Å². The third kappa shape index (κ3) is 1.89. The van der Waals surface area contributed by atoms with Crippen LogP contribution >= 0.6 is 12.2 Å². The quantitative estimate of drug-likeness (QED) is 0.770. The molecule has 0 spiro atoms. The Morgan fingerprint density at radius 3 is 2.94 bits per heavy atom. The van der Waals surface area contributed by atoms with E-state index in [1.807, 2.05) is 18.4 Å². The molecule has 88 valence electrons. The summed E-state index contributed by atoms with van der Waals surface area (Å²) in [5.74, 6) is 1.15. The minimum atomic E-state index is -0.197. The van der Waals surface area contributed by atoms with E-state index in [2.05, 4.69) is 15.5 Å². The molecule has 2 heterocycles. The highest BCUT2D eigenvalue weighted by Gasteiger charge is 2.27. The number of amides is 1. The second-order valence-electron chi connectivity index (χ2n) is 4.36. The predicted octanol–water partition coefficient (Wildman–Crippen LogP) is 1.52. The lowest BCUT2D eigenvalue weighted by Crippen LogP contribution is -2.38. The molecule has 1 aromatic rings. The summed E-state index contributed by atoms with van der Waals surface area (Å²) >= 11 is 5.19.